The molecule has 3 nitrogen and oxygen atoms in total. The van der Waals surface area contributed by atoms with Crippen molar-refractivity contribution in [1.29, 1.82) is 0 Å². The van der Waals surface area contributed by atoms with Crippen LogP contribution in [0.15, 0.2) is 42.5 Å². The minimum atomic E-state index is -1.17. The highest BCUT2D eigenvalue weighted by atomic mass is 16.4. The van der Waals surface area contributed by atoms with Crippen LogP contribution in [-0.2, 0) is 5.11 Å². The van der Waals surface area contributed by atoms with Crippen LogP contribution in [0.2, 0.25) is 0 Å². The van der Waals surface area contributed by atoms with Crippen LogP contribution in [0, 0.1) is 0 Å². The lowest BCUT2D eigenvalue weighted by Gasteiger charge is -2.17. The number of amides is 1. The summed E-state index contributed by atoms with van der Waals surface area (Å²) in [5.74, 6) is 0. The van der Waals surface area contributed by atoms with E-state index in [2.05, 4.69) is 0 Å². The predicted octanol–water partition coefficient (Wildman–Crippen LogP) is 3.22. The first-order valence-electron chi connectivity index (χ1n) is 5.20. The van der Waals surface area contributed by atoms with E-state index >= 15 is 0 Å². The summed E-state index contributed by atoms with van der Waals surface area (Å²) in [5, 5.41) is 12.9. The number of carbonyl (C=O) groups is 1. The zero-order valence-electron chi connectivity index (χ0n) is 9.01. The molecule has 2 aromatic rings. The standard InChI is InChI=1S/C13H12NO2/c1-2-14(13(15)16)12-9-5-7-10-6-3-4-8-11(10)12/h3-9H,2H2,1H3. The molecule has 0 spiro atoms. The van der Waals surface area contributed by atoms with Crippen molar-refractivity contribution in [3.63, 3.8) is 0 Å². The predicted molar refractivity (Wildman–Crippen MR) is 63.1 cm³/mol. The summed E-state index contributed by atoms with van der Waals surface area (Å²) in [7, 11) is 0. The number of benzene rings is 2. The number of hydrogen-bond acceptors (Lipinski definition) is 1. The summed E-state index contributed by atoms with van der Waals surface area (Å²) < 4.78 is 0. The Labute approximate surface area is 93.9 Å². The Morgan fingerprint density at radius 3 is 2.50 bits per heavy atom. The molecule has 3 heteroatoms. The maximum atomic E-state index is 11.0. The van der Waals surface area contributed by atoms with E-state index in [4.69, 9.17) is 0 Å². The molecule has 0 saturated heterocycles. The second-order valence-corrected chi connectivity index (χ2v) is 3.51. The summed E-state index contributed by atoms with van der Waals surface area (Å²) in [6.45, 7) is 2.17. The third-order valence-corrected chi connectivity index (χ3v) is 2.59. The average Bonchev–Trinajstić information content (AvgIpc) is 2.30. The summed E-state index contributed by atoms with van der Waals surface area (Å²) in [6, 6.07) is 13.3. The molecule has 2 rings (SSSR count). The van der Waals surface area contributed by atoms with Crippen LogP contribution in [0.4, 0.5) is 10.5 Å². The van der Waals surface area contributed by atoms with E-state index in [0.29, 0.717) is 12.2 Å². The minimum Gasteiger partial charge on any atom is -0.274 e. The van der Waals surface area contributed by atoms with Gasteiger partial charge in [0.1, 0.15) is 0 Å². The molecule has 1 amide bonds. The van der Waals surface area contributed by atoms with E-state index in [1.807, 2.05) is 36.4 Å². The number of anilines is 1. The van der Waals surface area contributed by atoms with Crippen LogP contribution < -0.4 is 4.90 Å². The van der Waals surface area contributed by atoms with E-state index in [0.717, 1.165) is 10.8 Å². The Hall–Kier alpha value is -2.03. The van der Waals surface area contributed by atoms with E-state index in [-0.39, 0.29) is 0 Å². The van der Waals surface area contributed by atoms with Gasteiger partial charge < -0.3 is 0 Å². The number of hydrogen-bond donors (Lipinski definition) is 0. The van der Waals surface area contributed by atoms with Crippen LogP contribution >= 0.6 is 0 Å². The van der Waals surface area contributed by atoms with Gasteiger partial charge in [0.05, 0.1) is 5.69 Å². The monoisotopic (exact) mass is 214 g/mol. The smallest absolute Gasteiger partial charge is 0.274 e. The molecule has 1 radical (unpaired) electrons. The summed E-state index contributed by atoms with van der Waals surface area (Å²) in [5.41, 5.74) is 0.681. The number of fused-ring (bicyclic) bond motifs is 1. The van der Waals surface area contributed by atoms with Crippen LogP contribution in [0.5, 0.6) is 0 Å². The number of nitrogens with zero attached hydrogens (tertiary/aromatic N) is 1. The third kappa shape index (κ3) is 1.72. The first-order chi connectivity index (χ1) is 7.74. The SMILES string of the molecule is CCN(C([O])=O)c1cccc2ccccc12. The number of rotatable bonds is 2. The molecule has 16 heavy (non-hydrogen) atoms. The summed E-state index contributed by atoms with van der Waals surface area (Å²) in [4.78, 5) is 12.2. The van der Waals surface area contributed by atoms with Crippen molar-refractivity contribution in [2.45, 2.75) is 6.92 Å². The van der Waals surface area contributed by atoms with E-state index in [1.54, 1.807) is 13.0 Å². The minimum absolute atomic E-state index is 0.385. The molecule has 81 valence electrons. The Bertz CT molecular complexity index is 517. The quantitative estimate of drug-likeness (QED) is 0.756. The highest BCUT2D eigenvalue weighted by Crippen LogP contribution is 2.26. The van der Waals surface area contributed by atoms with Crippen molar-refractivity contribution in [3.05, 3.63) is 42.5 Å². The molecule has 0 N–H and O–H groups in total. The van der Waals surface area contributed by atoms with Gasteiger partial charge >= 0.3 is 6.09 Å². The lowest BCUT2D eigenvalue weighted by molar-refractivity contribution is 0.177. The van der Waals surface area contributed by atoms with Crippen molar-refractivity contribution in [2.24, 2.45) is 0 Å². The molecule has 0 bridgehead atoms. The third-order valence-electron chi connectivity index (χ3n) is 2.59. The molecule has 0 aromatic heterocycles. The van der Waals surface area contributed by atoms with Crippen molar-refractivity contribution >= 4 is 22.6 Å². The maximum Gasteiger partial charge on any atom is 0.457 e. The lowest BCUT2D eigenvalue weighted by atomic mass is 10.1. The lowest BCUT2D eigenvalue weighted by Crippen LogP contribution is -2.27. The fraction of sp³-hybridized carbons (Fsp3) is 0.154. The Morgan fingerprint density at radius 2 is 1.81 bits per heavy atom. The Balaban J connectivity index is 2.63. The number of carbonyl (C=O) groups excluding carboxylic acids is 1. The van der Waals surface area contributed by atoms with E-state index in [1.165, 1.54) is 4.90 Å². The zero-order valence-corrected chi connectivity index (χ0v) is 9.01. The van der Waals surface area contributed by atoms with Gasteiger partial charge in [-0.25, -0.2) is 9.90 Å². The first-order valence-corrected chi connectivity index (χ1v) is 5.20. The normalized spacial score (nSPS) is 10.3. The van der Waals surface area contributed by atoms with Crippen LogP contribution in [-0.4, -0.2) is 12.6 Å². The fourth-order valence-corrected chi connectivity index (χ4v) is 1.84. The van der Waals surface area contributed by atoms with Gasteiger partial charge in [-0.05, 0) is 18.4 Å². The molecule has 0 aliphatic heterocycles. The highest BCUT2D eigenvalue weighted by Gasteiger charge is 2.15. The molecule has 0 fully saturated rings. The van der Waals surface area contributed by atoms with Gasteiger partial charge in [-0.1, -0.05) is 36.4 Å². The van der Waals surface area contributed by atoms with Gasteiger partial charge in [0.2, 0.25) is 0 Å². The van der Waals surface area contributed by atoms with Crippen molar-refractivity contribution < 1.29 is 9.90 Å². The molecule has 0 aliphatic rings. The molecular formula is C13H12NO2. The van der Waals surface area contributed by atoms with Gasteiger partial charge in [0, 0.05) is 11.9 Å². The average molecular weight is 214 g/mol. The first kappa shape index (κ1) is 10.5. The van der Waals surface area contributed by atoms with Gasteiger partial charge in [-0.15, -0.1) is 0 Å². The Morgan fingerprint density at radius 1 is 1.12 bits per heavy atom. The zero-order chi connectivity index (χ0) is 11.5. The highest BCUT2D eigenvalue weighted by molar-refractivity contribution is 6.00. The van der Waals surface area contributed by atoms with Crippen LogP contribution in [0.25, 0.3) is 10.8 Å². The molecule has 0 saturated carbocycles. The van der Waals surface area contributed by atoms with Crippen molar-refractivity contribution in [2.75, 3.05) is 11.4 Å². The van der Waals surface area contributed by atoms with Gasteiger partial charge in [-0.3, -0.25) is 4.90 Å². The second-order valence-electron chi connectivity index (χ2n) is 3.51. The molecule has 0 atom stereocenters. The van der Waals surface area contributed by atoms with Crippen molar-refractivity contribution in [1.82, 2.24) is 0 Å². The van der Waals surface area contributed by atoms with Gasteiger partial charge in [-0.2, -0.15) is 0 Å². The molecule has 0 aliphatic carbocycles. The van der Waals surface area contributed by atoms with Gasteiger partial charge in [0.25, 0.3) is 0 Å². The molecule has 0 unspecified atom stereocenters. The van der Waals surface area contributed by atoms with Gasteiger partial charge in [0.15, 0.2) is 0 Å². The van der Waals surface area contributed by atoms with E-state index < -0.39 is 6.09 Å². The summed E-state index contributed by atoms with van der Waals surface area (Å²) >= 11 is 0. The molecule has 2 aromatic carbocycles. The molecule has 0 heterocycles. The Kier molecular flexibility index (Phi) is 2.77. The maximum absolute atomic E-state index is 11.0. The second kappa shape index (κ2) is 4.23. The van der Waals surface area contributed by atoms with Crippen LogP contribution in [0.1, 0.15) is 6.92 Å². The van der Waals surface area contributed by atoms with Crippen molar-refractivity contribution in [3.8, 4) is 0 Å². The summed E-state index contributed by atoms with van der Waals surface area (Å²) in [6.07, 6.45) is -1.17. The van der Waals surface area contributed by atoms with E-state index in [9.17, 15) is 9.90 Å². The fourth-order valence-electron chi connectivity index (χ4n) is 1.84. The van der Waals surface area contributed by atoms with Crippen LogP contribution in [0.3, 0.4) is 0 Å². The topological polar surface area (TPSA) is 40.2 Å². The largest absolute Gasteiger partial charge is 0.457 e. The molecular weight excluding hydrogens is 202 g/mol.